The van der Waals surface area contributed by atoms with Crippen molar-refractivity contribution >= 4 is 22.3 Å². The van der Waals surface area contributed by atoms with E-state index in [4.69, 9.17) is 14.7 Å². The average Bonchev–Trinajstić information content (AvgIpc) is 2.67. The van der Waals surface area contributed by atoms with Crippen LogP contribution in [0.4, 0.5) is 11.4 Å². The van der Waals surface area contributed by atoms with Crippen molar-refractivity contribution < 1.29 is 9.47 Å². The quantitative estimate of drug-likeness (QED) is 0.783. The number of anilines is 2. The third-order valence-electron chi connectivity index (χ3n) is 3.78. The van der Waals surface area contributed by atoms with E-state index in [-0.39, 0.29) is 0 Å². The smallest absolute Gasteiger partial charge is 0.162 e. The summed E-state index contributed by atoms with van der Waals surface area (Å²) in [5.74, 6) is 1.12. The Morgan fingerprint density at radius 3 is 2.24 bits per heavy atom. The van der Waals surface area contributed by atoms with Gasteiger partial charge >= 0.3 is 0 Å². The monoisotopic (exact) mass is 330 g/mol. The zero-order valence-electron chi connectivity index (χ0n) is 13.7. The van der Waals surface area contributed by atoms with E-state index >= 15 is 0 Å². The predicted octanol–water partition coefficient (Wildman–Crippen LogP) is 3.74. The van der Waals surface area contributed by atoms with Gasteiger partial charge in [0, 0.05) is 23.3 Å². The molecule has 1 heterocycles. The number of fused-ring (bicyclic) bond motifs is 1. The van der Waals surface area contributed by atoms with E-state index in [9.17, 15) is 5.26 Å². The zero-order valence-corrected chi connectivity index (χ0v) is 13.7. The molecule has 0 fully saturated rings. The minimum absolute atomic E-state index is 0.407. The van der Waals surface area contributed by atoms with E-state index in [1.165, 1.54) is 6.20 Å². The van der Waals surface area contributed by atoms with Gasteiger partial charge in [0.2, 0.25) is 0 Å². The van der Waals surface area contributed by atoms with Crippen LogP contribution < -0.4 is 14.8 Å². The van der Waals surface area contributed by atoms with Crippen molar-refractivity contribution in [3.05, 3.63) is 53.7 Å². The molecule has 0 aliphatic rings. The van der Waals surface area contributed by atoms with E-state index in [1.54, 1.807) is 50.6 Å². The SMILES string of the molecule is COc1cc2ncc(C#N)c(Nc3ccc(C#N)cc3)c2cc1OC. The number of aromatic nitrogens is 1. The molecule has 6 nitrogen and oxygen atoms in total. The highest BCUT2D eigenvalue weighted by atomic mass is 16.5. The van der Waals surface area contributed by atoms with Crippen LogP contribution in [0.25, 0.3) is 10.9 Å². The first-order valence-electron chi connectivity index (χ1n) is 7.42. The van der Waals surface area contributed by atoms with Crippen LogP contribution >= 0.6 is 0 Å². The summed E-state index contributed by atoms with van der Waals surface area (Å²) in [4.78, 5) is 4.32. The molecule has 0 amide bonds. The van der Waals surface area contributed by atoms with Gasteiger partial charge in [-0.25, -0.2) is 0 Å². The number of nitrogens with zero attached hydrogens (tertiary/aromatic N) is 3. The number of hydrogen-bond donors (Lipinski definition) is 1. The Labute approximate surface area is 144 Å². The molecule has 0 saturated heterocycles. The number of methoxy groups -OCH3 is 2. The number of benzene rings is 2. The molecule has 0 aliphatic carbocycles. The number of pyridine rings is 1. The van der Waals surface area contributed by atoms with Crippen LogP contribution in [-0.4, -0.2) is 19.2 Å². The predicted molar refractivity (Wildman–Crippen MR) is 94.0 cm³/mol. The molecule has 6 heteroatoms. The summed E-state index contributed by atoms with van der Waals surface area (Å²) in [5, 5.41) is 22.3. The largest absolute Gasteiger partial charge is 0.493 e. The summed E-state index contributed by atoms with van der Waals surface area (Å²) in [5.41, 5.74) is 3.03. The molecular formula is C19H14N4O2. The number of ether oxygens (including phenoxy) is 2. The normalized spacial score (nSPS) is 9.92. The summed E-state index contributed by atoms with van der Waals surface area (Å²) < 4.78 is 10.7. The molecule has 3 rings (SSSR count). The Balaban J connectivity index is 2.17. The van der Waals surface area contributed by atoms with Crippen LogP contribution in [0.5, 0.6) is 11.5 Å². The van der Waals surface area contributed by atoms with E-state index in [0.29, 0.717) is 33.8 Å². The van der Waals surface area contributed by atoms with Crippen LogP contribution in [0.3, 0.4) is 0 Å². The van der Waals surface area contributed by atoms with E-state index in [0.717, 1.165) is 11.1 Å². The molecule has 25 heavy (non-hydrogen) atoms. The highest BCUT2D eigenvalue weighted by Crippen LogP contribution is 2.36. The van der Waals surface area contributed by atoms with Gasteiger partial charge in [-0.15, -0.1) is 0 Å². The first-order chi connectivity index (χ1) is 12.2. The molecule has 122 valence electrons. The Bertz CT molecular complexity index is 1010. The van der Waals surface area contributed by atoms with Crippen LogP contribution in [0.1, 0.15) is 11.1 Å². The molecule has 2 aromatic carbocycles. The summed E-state index contributed by atoms with van der Waals surface area (Å²) in [6.45, 7) is 0. The van der Waals surface area contributed by atoms with Crippen molar-refractivity contribution in [3.63, 3.8) is 0 Å². The summed E-state index contributed by atoms with van der Waals surface area (Å²) in [6, 6.07) is 14.8. The number of rotatable bonds is 4. The molecule has 0 spiro atoms. The van der Waals surface area contributed by atoms with Crippen molar-refractivity contribution in [2.24, 2.45) is 0 Å². The molecule has 0 radical (unpaired) electrons. The molecule has 0 atom stereocenters. The highest BCUT2D eigenvalue weighted by molar-refractivity contribution is 5.97. The van der Waals surface area contributed by atoms with Crippen LogP contribution in [0.15, 0.2) is 42.6 Å². The van der Waals surface area contributed by atoms with Crippen molar-refractivity contribution in [2.45, 2.75) is 0 Å². The second kappa shape index (κ2) is 6.77. The fraction of sp³-hybridized carbons (Fsp3) is 0.105. The lowest BCUT2D eigenvalue weighted by Crippen LogP contribution is -1.98. The molecule has 0 bridgehead atoms. The number of hydrogen-bond acceptors (Lipinski definition) is 6. The molecule has 0 unspecified atom stereocenters. The maximum atomic E-state index is 9.44. The Morgan fingerprint density at radius 1 is 0.960 bits per heavy atom. The van der Waals surface area contributed by atoms with Gasteiger partial charge in [0.05, 0.1) is 42.6 Å². The van der Waals surface area contributed by atoms with E-state index in [1.807, 2.05) is 0 Å². The Morgan fingerprint density at radius 2 is 1.64 bits per heavy atom. The first-order valence-corrected chi connectivity index (χ1v) is 7.42. The third kappa shape index (κ3) is 3.01. The minimum Gasteiger partial charge on any atom is -0.493 e. The summed E-state index contributed by atoms with van der Waals surface area (Å²) in [7, 11) is 3.11. The van der Waals surface area contributed by atoms with Crippen LogP contribution in [-0.2, 0) is 0 Å². The standard InChI is InChI=1S/C19H14N4O2/c1-24-17-7-15-16(8-18(17)25-2)22-11-13(10-21)19(15)23-14-5-3-12(9-20)4-6-14/h3-8,11H,1-2H3,(H,22,23). The van der Waals surface area contributed by atoms with Gasteiger partial charge in [-0.1, -0.05) is 0 Å². The maximum Gasteiger partial charge on any atom is 0.162 e. The van der Waals surface area contributed by atoms with Crippen molar-refractivity contribution in [1.29, 1.82) is 10.5 Å². The molecule has 0 saturated carbocycles. The summed E-state index contributed by atoms with van der Waals surface area (Å²) in [6.07, 6.45) is 1.51. The van der Waals surface area contributed by atoms with Gasteiger partial charge in [0.1, 0.15) is 6.07 Å². The Kier molecular flexibility index (Phi) is 4.36. The second-order valence-corrected chi connectivity index (χ2v) is 5.20. The van der Waals surface area contributed by atoms with E-state index < -0.39 is 0 Å². The lowest BCUT2D eigenvalue weighted by Gasteiger charge is -2.14. The molecular weight excluding hydrogens is 316 g/mol. The average molecular weight is 330 g/mol. The molecule has 1 N–H and O–H groups in total. The van der Waals surface area contributed by atoms with Gasteiger partial charge in [-0.05, 0) is 30.3 Å². The number of nitriles is 2. The number of nitrogens with one attached hydrogen (secondary N) is 1. The van der Waals surface area contributed by atoms with Crippen LogP contribution in [0.2, 0.25) is 0 Å². The van der Waals surface area contributed by atoms with Crippen molar-refractivity contribution in [3.8, 4) is 23.6 Å². The van der Waals surface area contributed by atoms with Gasteiger partial charge in [-0.2, -0.15) is 10.5 Å². The minimum atomic E-state index is 0.407. The fourth-order valence-corrected chi connectivity index (χ4v) is 2.51. The first kappa shape index (κ1) is 16.1. The van der Waals surface area contributed by atoms with Crippen molar-refractivity contribution in [1.82, 2.24) is 4.98 Å². The summed E-state index contributed by atoms with van der Waals surface area (Å²) >= 11 is 0. The zero-order chi connectivity index (χ0) is 17.8. The van der Waals surface area contributed by atoms with Gasteiger partial charge in [0.15, 0.2) is 11.5 Å². The van der Waals surface area contributed by atoms with E-state index in [2.05, 4.69) is 22.4 Å². The second-order valence-electron chi connectivity index (χ2n) is 5.20. The van der Waals surface area contributed by atoms with Gasteiger partial charge in [-0.3, -0.25) is 4.98 Å². The third-order valence-corrected chi connectivity index (χ3v) is 3.78. The van der Waals surface area contributed by atoms with Crippen LogP contribution in [0, 0.1) is 22.7 Å². The van der Waals surface area contributed by atoms with Gasteiger partial charge < -0.3 is 14.8 Å². The van der Waals surface area contributed by atoms with Gasteiger partial charge in [0.25, 0.3) is 0 Å². The maximum absolute atomic E-state index is 9.44. The topological polar surface area (TPSA) is 91.0 Å². The Hall–Kier alpha value is -3.77. The molecule has 3 aromatic rings. The lowest BCUT2D eigenvalue weighted by atomic mass is 10.1. The van der Waals surface area contributed by atoms with Crippen molar-refractivity contribution in [2.75, 3.05) is 19.5 Å². The lowest BCUT2D eigenvalue weighted by molar-refractivity contribution is 0.356. The highest BCUT2D eigenvalue weighted by Gasteiger charge is 2.14. The fourth-order valence-electron chi connectivity index (χ4n) is 2.51. The molecule has 1 aromatic heterocycles. The molecule has 0 aliphatic heterocycles.